The molecule has 162 valence electrons. The van der Waals surface area contributed by atoms with Crippen molar-refractivity contribution in [2.24, 2.45) is 0 Å². The van der Waals surface area contributed by atoms with Gasteiger partial charge in [0, 0.05) is 18.3 Å². The maximum atomic E-state index is 10.9. The number of piperidine rings is 1. The van der Waals surface area contributed by atoms with Gasteiger partial charge in [-0.3, -0.25) is 4.90 Å². The Morgan fingerprint density at radius 3 is 2.13 bits per heavy atom. The molecule has 4 rings (SSSR count). The van der Waals surface area contributed by atoms with Crippen molar-refractivity contribution in [1.29, 1.82) is 0 Å². The summed E-state index contributed by atoms with van der Waals surface area (Å²) in [6, 6.07) is 25.3. The number of likely N-dealkylation sites (tertiary alicyclic amines) is 1. The van der Waals surface area contributed by atoms with Gasteiger partial charge < -0.3 is 5.11 Å². The molecule has 31 heavy (non-hydrogen) atoms. The molecule has 1 saturated heterocycles. The molecule has 0 spiro atoms. The van der Waals surface area contributed by atoms with Crippen LogP contribution in [0, 0.1) is 0 Å². The first-order valence-corrected chi connectivity index (χ1v) is 15.9. The van der Waals surface area contributed by atoms with Gasteiger partial charge in [0.25, 0.3) is 0 Å². The molecule has 0 bridgehead atoms. The molecule has 1 fully saturated rings. The van der Waals surface area contributed by atoms with E-state index in [-0.39, 0.29) is 0 Å². The molecular formula is C25H28Cl2NOPTi. The Kier molecular flexibility index (Phi) is 10.9. The van der Waals surface area contributed by atoms with Crippen molar-refractivity contribution >= 4 is 37.8 Å². The van der Waals surface area contributed by atoms with Crippen LogP contribution < -0.4 is 10.6 Å². The Morgan fingerprint density at radius 2 is 1.39 bits per heavy atom. The number of phenolic OH excluding ortho intramolecular Hbond substituents is 1. The summed E-state index contributed by atoms with van der Waals surface area (Å²) in [6.45, 7) is 3.43. The fourth-order valence-electron chi connectivity index (χ4n) is 3.93. The maximum absolute atomic E-state index is 10.9. The average molecular weight is 508 g/mol. The van der Waals surface area contributed by atoms with Crippen molar-refractivity contribution in [3.05, 3.63) is 89.5 Å². The fourth-order valence-corrected chi connectivity index (χ4v) is 5.19. The minimum absolute atomic E-state index is 0.456. The summed E-state index contributed by atoms with van der Waals surface area (Å²) in [4.78, 5) is 2.57. The fraction of sp³-hybridized carbons (Fsp3) is 0.280. The second-order valence-corrected chi connectivity index (χ2v) is 11.6. The van der Waals surface area contributed by atoms with E-state index in [1.807, 2.05) is 12.1 Å². The van der Waals surface area contributed by atoms with E-state index in [1.54, 1.807) is 0 Å². The molecule has 1 aliphatic heterocycles. The predicted molar refractivity (Wildman–Crippen MR) is 132 cm³/mol. The summed E-state index contributed by atoms with van der Waals surface area (Å²) in [5.74, 6) is 0.456. The summed E-state index contributed by atoms with van der Waals surface area (Å²) in [5.41, 5.74) is 3.63. The molecule has 1 aliphatic rings. The summed E-state index contributed by atoms with van der Waals surface area (Å²) < 4.78 is 0. The number of halogens is 2. The van der Waals surface area contributed by atoms with Crippen molar-refractivity contribution in [2.75, 3.05) is 13.1 Å². The van der Waals surface area contributed by atoms with Gasteiger partial charge in [-0.2, -0.15) is 0 Å². The van der Waals surface area contributed by atoms with Crippen LogP contribution in [0.4, 0.5) is 0 Å². The number of phenols is 1. The van der Waals surface area contributed by atoms with Crippen LogP contribution in [-0.2, 0) is 30.0 Å². The van der Waals surface area contributed by atoms with E-state index >= 15 is 0 Å². The Hall–Kier alpha value is -0.856. The van der Waals surface area contributed by atoms with E-state index in [1.165, 1.54) is 48.8 Å². The minimum atomic E-state index is -0.556. The quantitative estimate of drug-likeness (QED) is 0.328. The van der Waals surface area contributed by atoms with Crippen molar-refractivity contribution in [2.45, 2.75) is 32.2 Å². The monoisotopic (exact) mass is 507 g/mol. The zero-order chi connectivity index (χ0) is 21.9. The van der Waals surface area contributed by atoms with Gasteiger partial charge in [0.05, 0.1) is 0 Å². The van der Waals surface area contributed by atoms with Gasteiger partial charge in [-0.1, -0.05) is 87.8 Å². The Morgan fingerprint density at radius 1 is 0.774 bits per heavy atom. The molecule has 6 heteroatoms. The van der Waals surface area contributed by atoms with Crippen molar-refractivity contribution in [3.8, 4) is 5.75 Å². The Labute approximate surface area is 204 Å². The summed E-state index contributed by atoms with van der Waals surface area (Å²) in [7, 11) is 10.3. The van der Waals surface area contributed by atoms with Crippen LogP contribution in [0.5, 0.6) is 5.75 Å². The molecule has 0 aliphatic carbocycles. The van der Waals surface area contributed by atoms with Gasteiger partial charge in [-0.25, -0.2) is 0 Å². The van der Waals surface area contributed by atoms with Crippen molar-refractivity contribution in [1.82, 2.24) is 4.90 Å². The number of benzene rings is 3. The summed E-state index contributed by atoms with van der Waals surface area (Å²) in [6.07, 6.45) is 4.75. The molecule has 2 nitrogen and oxygen atoms in total. The first kappa shape index (κ1) is 24.8. The van der Waals surface area contributed by atoms with Crippen LogP contribution in [0.1, 0.15) is 36.0 Å². The SMILES string of the molecule is Oc1c(Cc2ccccc2)cccc1Pc1ccccc1CN1CCCCC1.[Cl][Ti][Cl]. The molecule has 0 amide bonds. The second-order valence-electron chi connectivity index (χ2n) is 7.67. The van der Waals surface area contributed by atoms with E-state index in [4.69, 9.17) is 18.6 Å². The third-order valence-corrected chi connectivity index (χ3v) is 6.92. The van der Waals surface area contributed by atoms with Crippen molar-refractivity contribution in [3.63, 3.8) is 0 Å². The van der Waals surface area contributed by atoms with Crippen LogP contribution in [-0.4, -0.2) is 23.1 Å². The summed E-state index contributed by atoms with van der Waals surface area (Å²) in [5, 5.41) is 13.3. The molecule has 0 radical (unpaired) electrons. The number of para-hydroxylation sites is 1. The molecule has 1 atom stereocenters. The molecule has 0 aromatic heterocycles. The van der Waals surface area contributed by atoms with Crippen LogP contribution in [0.2, 0.25) is 0 Å². The third-order valence-electron chi connectivity index (χ3n) is 5.49. The van der Waals surface area contributed by atoms with Crippen LogP contribution >= 0.6 is 27.2 Å². The van der Waals surface area contributed by atoms with Gasteiger partial charge in [0.15, 0.2) is 0 Å². The second kappa shape index (κ2) is 13.6. The summed E-state index contributed by atoms with van der Waals surface area (Å²) >= 11 is -0.556. The molecule has 3 aromatic rings. The third kappa shape index (κ3) is 7.90. The molecule has 1 N–H and O–H groups in total. The van der Waals surface area contributed by atoms with Gasteiger partial charge in [0.1, 0.15) is 5.75 Å². The average Bonchev–Trinajstić information content (AvgIpc) is 2.80. The van der Waals surface area contributed by atoms with Gasteiger partial charge in [-0.15, -0.1) is 0 Å². The molecule has 1 heterocycles. The molecule has 3 aromatic carbocycles. The first-order valence-electron chi connectivity index (χ1n) is 10.6. The van der Waals surface area contributed by atoms with E-state index in [9.17, 15) is 5.11 Å². The van der Waals surface area contributed by atoms with Crippen LogP contribution in [0.3, 0.4) is 0 Å². The van der Waals surface area contributed by atoms with E-state index < -0.39 is 17.0 Å². The van der Waals surface area contributed by atoms with E-state index in [2.05, 4.69) is 65.6 Å². The Balaban J connectivity index is 0.000000858. The topological polar surface area (TPSA) is 23.5 Å². The normalized spacial score (nSPS) is 14.3. The standard InChI is InChI=1S/C25H28NOP.2ClH.Ti/c27-25-21(18-20-10-3-1-4-11-20)13-9-15-24(25)28-23-14-6-5-12-22(23)19-26-16-7-2-8-17-26;;;/h1,3-6,9-15,27-28H,2,7-8,16-19H2;2*1H;/q;;;+2/p-2. The zero-order valence-corrected chi connectivity index (χ0v) is 21.6. The van der Waals surface area contributed by atoms with Gasteiger partial charge >= 0.3 is 35.6 Å². The number of hydrogen-bond acceptors (Lipinski definition) is 2. The van der Waals surface area contributed by atoms with E-state index in [0.29, 0.717) is 14.3 Å². The predicted octanol–water partition coefficient (Wildman–Crippen LogP) is 5.97. The van der Waals surface area contributed by atoms with Crippen LogP contribution in [0.25, 0.3) is 0 Å². The number of rotatable bonds is 6. The number of aromatic hydroxyl groups is 1. The van der Waals surface area contributed by atoms with E-state index in [0.717, 1.165) is 23.8 Å². The van der Waals surface area contributed by atoms with Gasteiger partial charge in [-0.05, 0) is 47.9 Å². The number of nitrogens with zero attached hydrogens (tertiary/aromatic N) is 1. The molecular weight excluding hydrogens is 480 g/mol. The van der Waals surface area contributed by atoms with Crippen LogP contribution in [0.15, 0.2) is 72.8 Å². The molecule has 1 unspecified atom stereocenters. The Bertz CT molecular complexity index is 936. The van der Waals surface area contributed by atoms with Crippen molar-refractivity contribution < 1.29 is 22.1 Å². The molecule has 0 saturated carbocycles. The number of hydrogen-bond donors (Lipinski definition) is 1. The first-order chi connectivity index (χ1) is 15.2. The zero-order valence-electron chi connectivity index (χ0n) is 17.5. The van der Waals surface area contributed by atoms with Gasteiger partial charge in [0.2, 0.25) is 0 Å².